The Morgan fingerprint density at radius 3 is 2.65 bits per heavy atom. The standard InChI is InChI=1S/C20H17ClN2O3/c1-23-11-10-19-16(12-6-8-13(21)9-7-12)26-18(25)20(19,23)14-4-2-3-5-15(14)22-17(19)24/h2-9,16H,10-11H2,1H3,(H,22,24)/t16-,19-,20+/m1/s1. The van der Waals surface area contributed by atoms with E-state index in [1.54, 1.807) is 12.1 Å². The number of carbonyl (C=O) groups excluding carboxylic acids is 2. The number of para-hydroxylation sites is 1. The van der Waals surface area contributed by atoms with Gasteiger partial charge >= 0.3 is 5.97 Å². The first-order chi connectivity index (χ1) is 12.5. The summed E-state index contributed by atoms with van der Waals surface area (Å²) in [6.07, 6.45) is -0.103. The summed E-state index contributed by atoms with van der Waals surface area (Å²) < 4.78 is 5.90. The predicted octanol–water partition coefficient (Wildman–Crippen LogP) is 3.11. The number of carbonyl (C=O) groups is 2. The van der Waals surface area contributed by atoms with E-state index in [2.05, 4.69) is 5.32 Å². The molecule has 2 aromatic carbocycles. The van der Waals surface area contributed by atoms with E-state index in [1.807, 2.05) is 48.3 Å². The molecule has 0 radical (unpaired) electrons. The van der Waals surface area contributed by atoms with Crippen LogP contribution in [0.3, 0.4) is 0 Å². The van der Waals surface area contributed by atoms with Gasteiger partial charge in [-0.05, 0) is 37.2 Å². The van der Waals surface area contributed by atoms with Crippen molar-refractivity contribution in [2.45, 2.75) is 18.1 Å². The fourth-order valence-electron chi connectivity index (χ4n) is 5.07. The molecule has 3 heterocycles. The highest BCUT2D eigenvalue weighted by atomic mass is 35.5. The van der Waals surface area contributed by atoms with Crippen LogP contribution in [-0.4, -0.2) is 30.4 Å². The second kappa shape index (κ2) is 5.09. The first kappa shape index (κ1) is 15.9. The van der Waals surface area contributed by atoms with Gasteiger partial charge in [-0.2, -0.15) is 0 Å². The number of ether oxygens (including phenoxy) is 1. The third-order valence-corrected chi connectivity index (χ3v) is 6.42. The number of hydrogen-bond acceptors (Lipinski definition) is 4. The molecule has 1 N–H and O–H groups in total. The average Bonchev–Trinajstić information content (AvgIpc) is 3.10. The fourth-order valence-corrected chi connectivity index (χ4v) is 5.20. The molecule has 1 amide bonds. The SMILES string of the molecule is CN1CC[C@@]23C(=O)Nc4ccccc4[C@@]12C(=O)O[C@@H]3c1ccc(Cl)cc1. The van der Waals surface area contributed by atoms with Crippen LogP contribution in [0.25, 0.3) is 0 Å². The number of benzene rings is 2. The van der Waals surface area contributed by atoms with Crippen LogP contribution in [0.4, 0.5) is 5.69 Å². The molecule has 0 spiro atoms. The third kappa shape index (κ3) is 1.61. The molecule has 2 fully saturated rings. The Kier molecular flexibility index (Phi) is 3.10. The number of fused-ring (bicyclic) bond motifs is 1. The van der Waals surface area contributed by atoms with Crippen LogP contribution in [-0.2, 0) is 19.9 Å². The van der Waals surface area contributed by atoms with E-state index in [-0.39, 0.29) is 11.9 Å². The van der Waals surface area contributed by atoms with E-state index >= 15 is 0 Å². The summed E-state index contributed by atoms with van der Waals surface area (Å²) in [7, 11) is 1.89. The molecule has 3 atom stereocenters. The Morgan fingerprint density at radius 2 is 1.88 bits per heavy atom. The predicted molar refractivity (Wildman–Crippen MR) is 96.7 cm³/mol. The number of likely N-dealkylation sites (N-methyl/N-ethyl adjacent to an activating group) is 1. The van der Waals surface area contributed by atoms with E-state index in [1.165, 1.54) is 0 Å². The molecule has 5 rings (SSSR count). The first-order valence-corrected chi connectivity index (χ1v) is 8.98. The summed E-state index contributed by atoms with van der Waals surface area (Å²) in [5.74, 6) is -0.522. The Bertz CT molecular complexity index is 944. The number of rotatable bonds is 1. The number of nitrogens with zero attached hydrogens (tertiary/aromatic N) is 1. The maximum absolute atomic E-state index is 13.4. The molecule has 2 saturated heterocycles. The van der Waals surface area contributed by atoms with Crippen molar-refractivity contribution in [3.05, 3.63) is 64.7 Å². The Morgan fingerprint density at radius 1 is 1.15 bits per heavy atom. The van der Waals surface area contributed by atoms with Crippen molar-refractivity contribution in [2.24, 2.45) is 5.41 Å². The maximum Gasteiger partial charge on any atom is 0.333 e. The van der Waals surface area contributed by atoms with Crippen molar-refractivity contribution in [3.8, 4) is 0 Å². The van der Waals surface area contributed by atoms with Crippen molar-refractivity contribution in [1.82, 2.24) is 4.90 Å². The van der Waals surface area contributed by atoms with E-state index in [4.69, 9.17) is 16.3 Å². The third-order valence-electron chi connectivity index (χ3n) is 6.17. The number of anilines is 1. The highest BCUT2D eigenvalue weighted by Crippen LogP contribution is 2.67. The van der Waals surface area contributed by atoms with Crippen LogP contribution in [0.1, 0.15) is 23.7 Å². The number of amides is 1. The van der Waals surface area contributed by atoms with Gasteiger partial charge in [-0.1, -0.05) is 41.9 Å². The van der Waals surface area contributed by atoms with Gasteiger partial charge in [0.15, 0.2) is 5.54 Å². The summed E-state index contributed by atoms with van der Waals surface area (Å²) in [6, 6.07) is 14.7. The minimum absolute atomic E-state index is 0.161. The lowest BCUT2D eigenvalue weighted by atomic mass is 9.61. The van der Waals surface area contributed by atoms with Crippen LogP contribution in [0.15, 0.2) is 48.5 Å². The summed E-state index contributed by atoms with van der Waals surface area (Å²) >= 11 is 6.02. The molecule has 0 bridgehead atoms. The van der Waals surface area contributed by atoms with E-state index < -0.39 is 17.1 Å². The van der Waals surface area contributed by atoms with Gasteiger partial charge in [0.25, 0.3) is 0 Å². The summed E-state index contributed by atoms with van der Waals surface area (Å²) in [5, 5.41) is 3.62. The van der Waals surface area contributed by atoms with Crippen LogP contribution >= 0.6 is 11.6 Å². The number of nitrogens with one attached hydrogen (secondary N) is 1. The molecule has 0 saturated carbocycles. The minimum atomic E-state index is -1.10. The number of halogens is 1. The minimum Gasteiger partial charge on any atom is -0.455 e. The fraction of sp³-hybridized carbons (Fsp3) is 0.300. The smallest absolute Gasteiger partial charge is 0.333 e. The van der Waals surface area contributed by atoms with Gasteiger partial charge in [-0.15, -0.1) is 0 Å². The van der Waals surface area contributed by atoms with Crippen molar-refractivity contribution >= 4 is 29.2 Å². The largest absolute Gasteiger partial charge is 0.455 e. The van der Waals surface area contributed by atoms with Gasteiger partial charge < -0.3 is 10.1 Å². The molecule has 3 aliphatic heterocycles. The number of likely N-dealkylation sites (tertiary alicyclic amines) is 1. The van der Waals surface area contributed by atoms with Crippen molar-refractivity contribution in [1.29, 1.82) is 0 Å². The molecular formula is C20H17ClN2O3. The second-order valence-corrected chi connectivity index (χ2v) is 7.63. The molecule has 2 aromatic rings. The monoisotopic (exact) mass is 368 g/mol. The summed E-state index contributed by atoms with van der Waals surface area (Å²) in [6.45, 7) is 0.640. The molecular weight excluding hydrogens is 352 g/mol. The van der Waals surface area contributed by atoms with Gasteiger partial charge in [-0.25, -0.2) is 4.79 Å². The normalized spacial score (nSPS) is 32.5. The Hall–Kier alpha value is -2.37. The number of cyclic esters (lactones) is 1. The number of esters is 1. The molecule has 6 heteroatoms. The lowest BCUT2D eigenvalue weighted by Crippen LogP contribution is -2.59. The molecule has 5 nitrogen and oxygen atoms in total. The lowest BCUT2D eigenvalue weighted by molar-refractivity contribution is -0.150. The molecule has 0 unspecified atom stereocenters. The quantitative estimate of drug-likeness (QED) is 0.786. The van der Waals surface area contributed by atoms with Gasteiger partial charge in [0.05, 0.1) is 0 Å². The molecule has 0 aromatic heterocycles. The maximum atomic E-state index is 13.4. The highest BCUT2D eigenvalue weighted by molar-refractivity contribution is 6.30. The van der Waals surface area contributed by atoms with Gasteiger partial charge in [0.1, 0.15) is 11.5 Å². The lowest BCUT2D eigenvalue weighted by Gasteiger charge is -2.44. The zero-order chi connectivity index (χ0) is 18.1. The topological polar surface area (TPSA) is 58.6 Å². The van der Waals surface area contributed by atoms with Crippen molar-refractivity contribution in [2.75, 3.05) is 18.9 Å². The summed E-state index contributed by atoms with van der Waals surface area (Å²) in [5.41, 5.74) is 0.170. The van der Waals surface area contributed by atoms with E-state index in [0.717, 1.165) is 11.1 Å². The van der Waals surface area contributed by atoms with Crippen molar-refractivity contribution in [3.63, 3.8) is 0 Å². The average molecular weight is 369 g/mol. The molecule has 132 valence electrons. The molecule has 0 aliphatic carbocycles. The van der Waals surface area contributed by atoms with Crippen LogP contribution < -0.4 is 5.32 Å². The van der Waals surface area contributed by atoms with Crippen molar-refractivity contribution < 1.29 is 14.3 Å². The zero-order valence-electron chi connectivity index (χ0n) is 14.2. The van der Waals surface area contributed by atoms with Gasteiger partial charge in [0, 0.05) is 22.8 Å². The Balaban J connectivity index is 1.80. The zero-order valence-corrected chi connectivity index (χ0v) is 14.9. The van der Waals surface area contributed by atoms with E-state index in [0.29, 0.717) is 23.7 Å². The van der Waals surface area contributed by atoms with Gasteiger partial charge in [0.2, 0.25) is 5.91 Å². The van der Waals surface area contributed by atoms with Crippen LogP contribution in [0.2, 0.25) is 5.02 Å². The highest BCUT2D eigenvalue weighted by Gasteiger charge is 2.78. The molecule has 3 aliphatic rings. The second-order valence-electron chi connectivity index (χ2n) is 7.19. The Labute approximate surface area is 155 Å². The van der Waals surface area contributed by atoms with Gasteiger partial charge in [-0.3, -0.25) is 9.69 Å². The van der Waals surface area contributed by atoms with Crippen LogP contribution in [0, 0.1) is 5.41 Å². The molecule has 26 heavy (non-hydrogen) atoms. The first-order valence-electron chi connectivity index (χ1n) is 8.60. The van der Waals surface area contributed by atoms with Crippen LogP contribution in [0.5, 0.6) is 0 Å². The van der Waals surface area contributed by atoms with E-state index in [9.17, 15) is 9.59 Å². The number of hydrogen-bond donors (Lipinski definition) is 1. The summed E-state index contributed by atoms with van der Waals surface area (Å²) in [4.78, 5) is 28.7.